The average Bonchev–Trinajstić information content (AvgIpc) is 2.18. The summed E-state index contributed by atoms with van der Waals surface area (Å²) in [4.78, 5) is 2.37. The molecule has 1 aromatic carbocycles. The summed E-state index contributed by atoms with van der Waals surface area (Å²) in [5.41, 5.74) is 1.39. The van der Waals surface area contributed by atoms with Crippen LogP contribution >= 0.6 is 0 Å². The van der Waals surface area contributed by atoms with Gasteiger partial charge in [-0.05, 0) is 43.5 Å². The molecule has 1 atom stereocenters. The van der Waals surface area contributed by atoms with Crippen LogP contribution in [-0.4, -0.2) is 12.1 Å². The van der Waals surface area contributed by atoms with Gasteiger partial charge in [0.25, 0.3) is 0 Å². The third kappa shape index (κ3) is 1.62. The van der Waals surface area contributed by atoms with E-state index in [1.54, 1.807) is 0 Å². The van der Waals surface area contributed by atoms with Crippen LogP contribution in [0.1, 0.15) is 27.2 Å². The highest BCUT2D eigenvalue weighted by Gasteiger charge is 2.42. The van der Waals surface area contributed by atoms with E-state index in [2.05, 4.69) is 25.7 Å². The Labute approximate surface area is 90.9 Å². The van der Waals surface area contributed by atoms with Gasteiger partial charge in [0.15, 0.2) is 0 Å². The van der Waals surface area contributed by atoms with Gasteiger partial charge in [0.05, 0.1) is 0 Å². The molecule has 1 saturated heterocycles. The van der Waals surface area contributed by atoms with Gasteiger partial charge in [-0.3, -0.25) is 0 Å². The number of halogens is 1. The number of anilines is 1. The highest BCUT2D eigenvalue weighted by atomic mass is 19.1. The standard InChI is InChI=1S/C13H18FN/c1-10(2)13(3)8-9-15(13)12-6-4-11(14)5-7-12/h4-7,10H,8-9H2,1-3H3. The molecule has 15 heavy (non-hydrogen) atoms. The second-order valence-corrected chi connectivity index (χ2v) is 4.89. The quantitative estimate of drug-likeness (QED) is 0.718. The Hall–Kier alpha value is -1.05. The van der Waals surface area contributed by atoms with E-state index in [0.717, 1.165) is 12.2 Å². The van der Waals surface area contributed by atoms with E-state index in [0.29, 0.717) is 5.92 Å². The predicted octanol–water partition coefficient (Wildman–Crippen LogP) is 3.45. The Kier molecular flexibility index (Phi) is 2.45. The van der Waals surface area contributed by atoms with E-state index in [-0.39, 0.29) is 11.4 Å². The van der Waals surface area contributed by atoms with E-state index in [1.165, 1.54) is 18.6 Å². The summed E-state index contributed by atoms with van der Waals surface area (Å²) in [6, 6.07) is 6.81. The fourth-order valence-corrected chi connectivity index (χ4v) is 2.22. The fourth-order valence-electron chi connectivity index (χ4n) is 2.22. The molecule has 82 valence electrons. The molecule has 0 radical (unpaired) electrons. The van der Waals surface area contributed by atoms with Crippen molar-refractivity contribution in [1.82, 2.24) is 0 Å². The number of hydrogen-bond acceptors (Lipinski definition) is 1. The Morgan fingerprint density at radius 1 is 1.27 bits per heavy atom. The minimum atomic E-state index is -0.162. The molecule has 1 unspecified atom stereocenters. The molecule has 1 aliphatic heterocycles. The van der Waals surface area contributed by atoms with Crippen LogP contribution in [0.25, 0.3) is 0 Å². The first-order chi connectivity index (χ1) is 7.04. The molecular weight excluding hydrogens is 189 g/mol. The summed E-state index contributed by atoms with van der Waals surface area (Å²) in [6.07, 6.45) is 1.22. The van der Waals surface area contributed by atoms with Gasteiger partial charge < -0.3 is 4.90 Å². The lowest BCUT2D eigenvalue weighted by Crippen LogP contribution is -2.61. The molecule has 1 aliphatic rings. The first-order valence-corrected chi connectivity index (χ1v) is 5.57. The smallest absolute Gasteiger partial charge is 0.123 e. The van der Waals surface area contributed by atoms with Gasteiger partial charge in [-0.2, -0.15) is 0 Å². The van der Waals surface area contributed by atoms with Crippen LogP contribution in [-0.2, 0) is 0 Å². The van der Waals surface area contributed by atoms with Crippen LogP contribution < -0.4 is 4.90 Å². The van der Waals surface area contributed by atoms with Gasteiger partial charge >= 0.3 is 0 Å². The first kappa shape index (κ1) is 10.5. The minimum Gasteiger partial charge on any atom is -0.366 e. The molecule has 1 aromatic rings. The van der Waals surface area contributed by atoms with Crippen LogP contribution in [0.4, 0.5) is 10.1 Å². The monoisotopic (exact) mass is 207 g/mol. The van der Waals surface area contributed by atoms with Crippen molar-refractivity contribution < 1.29 is 4.39 Å². The SMILES string of the molecule is CC(C)C1(C)CCN1c1ccc(F)cc1. The summed E-state index contributed by atoms with van der Waals surface area (Å²) in [5, 5.41) is 0. The first-order valence-electron chi connectivity index (χ1n) is 5.57. The van der Waals surface area contributed by atoms with Gasteiger partial charge in [-0.25, -0.2) is 4.39 Å². The normalized spacial score (nSPS) is 25.5. The maximum Gasteiger partial charge on any atom is 0.123 e. The lowest BCUT2D eigenvalue weighted by atomic mass is 9.76. The topological polar surface area (TPSA) is 3.24 Å². The van der Waals surface area contributed by atoms with E-state index >= 15 is 0 Å². The van der Waals surface area contributed by atoms with Gasteiger partial charge in [-0.1, -0.05) is 13.8 Å². The van der Waals surface area contributed by atoms with Gasteiger partial charge in [0.2, 0.25) is 0 Å². The van der Waals surface area contributed by atoms with Crippen LogP contribution in [0.3, 0.4) is 0 Å². The fraction of sp³-hybridized carbons (Fsp3) is 0.538. The van der Waals surface area contributed by atoms with E-state index in [1.807, 2.05) is 12.1 Å². The lowest BCUT2D eigenvalue weighted by molar-refractivity contribution is 0.220. The summed E-state index contributed by atoms with van der Waals surface area (Å²) < 4.78 is 12.8. The van der Waals surface area contributed by atoms with E-state index in [9.17, 15) is 4.39 Å². The Balaban J connectivity index is 2.22. The molecule has 0 spiro atoms. The largest absolute Gasteiger partial charge is 0.366 e. The predicted molar refractivity (Wildman–Crippen MR) is 61.6 cm³/mol. The molecule has 1 fully saturated rings. The van der Waals surface area contributed by atoms with Crippen LogP contribution in [0, 0.1) is 11.7 Å². The highest BCUT2D eigenvalue weighted by molar-refractivity contribution is 5.52. The number of rotatable bonds is 2. The van der Waals surface area contributed by atoms with Crippen LogP contribution in [0.2, 0.25) is 0 Å². The van der Waals surface area contributed by atoms with Crippen LogP contribution in [0.15, 0.2) is 24.3 Å². The molecule has 0 bridgehead atoms. The Bertz CT molecular complexity index is 344. The molecular formula is C13H18FN. The van der Waals surface area contributed by atoms with Crippen molar-refractivity contribution in [1.29, 1.82) is 0 Å². The second kappa shape index (κ2) is 3.51. The van der Waals surface area contributed by atoms with Crippen molar-refractivity contribution in [2.45, 2.75) is 32.7 Å². The molecule has 1 heterocycles. The highest BCUT2D eigenvalue weighted by Crippen LogP contribution is 2.40. The number of nitrogens with zero attached hydrogens (tertiary/aromatic N) is 1. The second-order valence-electron chi connectivity index (χ2n) is 4.89. The zero-order chi connectivity index (χ0) is 11.1. The lowest BCUT2D eigenvalue weighted by Gasteiger charge is -2.55. The van der Waals surface area contributed by atoms with Crippen molar-refractivity contribution in [3.05, 3.63) is 30.1 Å². The van der Waals surface area contributed by atoms with Crippen LogP contribution in [0.5, 0.6) is 0 Å². The van der Waals surface area contributed by atoms with Crippen molar-refractivity contribution in [2.24, 2.45) is 5.92 Å². The molecule has 0 saturated carbocycles. The molecule has 0 amide bonds. The third-order valence-corrected chi connectivity index (χ3v) is 3.84. The molecule has 0 aliphatic carbocycles. The molecule has 2 rings (SSSR count). The molecule has 0 aromatic heterocycles. The Morgan fingerprint density at radius 2 is 1.87 bits per heavy atom. The summed E-state index contributed by atoms with van der Waals surface area (Å²) in [6.45, 7) is 7.86. The minimum absolute atomic E-state index is 0.162. The maximum absolute atomic E-state index is 12.8. The zero-order valence-electron chi connectivity index (χ0n) is 9.63. The van der Waals surface area contributed by atoms with E-state index < -0.39 is 0 Å². The molecule has 2 heteroatoms. The van der Waals surface area contributed by atoms with Gasteiger partial charge in [-0.15, -0.1) is 0 Å². The zero-order valence-corrected chi connectivity index (χ0v) is 9.63. The molecule has 0 N–H and O–H groups in total. The van der Waals surface area contributed by atoms with Gasteiger partial charge in [0.1, 0.15) is 5.82 Å². The maximum atomic E-state index is 12.8. The number of hydrogen-bond donors (Lipinski definition) is 0. The van der Waals surface area contributed by atoms with Crippen molar-refractivity contribution in [3.63, 3.8) is 0 Å². The number of benzene rings is 1. The third-order valence-electron chi connectivity index (χ3n) is 3.84. The van der Waals surface area contributed by atoms with Crippen molar-refractivity contribution in [3.8, 4) is 0 Å². The van der Waals surface area contributed by atoms with Gasteiger partial charge in [0, 0.05) is 17.8 Å². The van der Waals surface area contributed by atoms with Crippen molar-refractivity contribution in [2.75, 3.05) is 11.4 Å². The average molecular weight is 207 g/mol. The summed E-state index contributed by atoms with van der Waals surface area (Å²) in [7, 11) is 0. The Morgan fingerprint density at radius 3 is 2.27 bits per heavy atom. The summed E-state index contributed by atoms with van der Waals surface area (Å²) in [5.74, 6) is 0.460. The molecule has 1 nitrogen and oxygen atoms in total. The van der Waals surface area contributed by atoms with Crippen molar-refractivity contribution >= 4 is 5.69 Å². The van der Waals surface area contributed by atoms with E-state index in [4.69, 9.17) is 0 Å². The summed E-state index contributed by atoms with van der Waals surface area (Å²) >= 11 is 0.